The van der Waals surface area contributed by atoms with Crippen LogP contribution in [0.2, 0.25) is 0 Å². The van der Waals surface area contributed by atoms with Crippen LogP contribution in [-0.2, 0) is 10.8 Å². The summed E-state index contributed by atoms with van der Waals surface area (Å²) in [5, 5.41) is 8.70. The van der Waals surface area contributed by atoms with Crippen molar-refractivity contribution in [3.63, 3.8) is 0 Å². The van der Waals surface area contributed by atoms with Gasteiger partial charge in [0.05, 0.1) is 44.3 Å². The number of hydrogen-bond acceptors (Lipinski definition) is 4. The number of benzene rings is 2. The van der Waals surface area contributed by atoms with Crippen molar-refractivity contribution in [2.45, 2.75) is 23.1 Å². The van der Waals surface area contributed by atoms with E-state index in [-0.39, 0.29) is 18.2 Å². The van der Waals surface area contributed by atoms with Crippen molar-refractivity contribution in [3.05, 3.63) is 53.6 Å². The van der Waals surface area contributed by atoms with Crippen molar-refractivity contribution < 1.29 is 13.8 Å². The zero-order valence-corrected chi connectivity index (χ0v) is 16.0. The minimum Gasteiger partial charge on any atom is -0.341 e. The highest BCUT2D eigenvalue weighted by Gasteiger charge is 2.30. The van der Waals surface area contributed by atoms with E-state index in [1.807, 2.05) is 13.0 Å². The Kier molecular flexibility index (Phi) is 5.38. The molecule has 7 heteroatoms. The number of fused-ring (bicyclic) bond motifs is 2. The maximum atomic E-state index is 13.1. The predicted molar refractivity (Wildman–Crippen MR) is 102 cm³/mol. The third-order valence-corrected chi connectivity index (χ3v) is 5.98. The molecule has 0 bridgehead atoms. The first-order chi connectivity index (χ1) is 13.0. The first-order valence-electron chi connectivity index (χ1n) is 8.58. The van der Waals surface area contributed by atoms with Gasteiger partial charge in [-0.3, -0.25) is 9.59 Å². The van der Waals surface area contributed by atoms with Crippen LogP contribution in [0.25, 0.3) is 0 Å². The van der Waals surface area contributed by atoms with Gasteiger partial charge in [-0.05, 0) is 37.3 Å². The maximum absolute atomic E-state index is 13.1. The van der Waals surface area contributed by atoms with Gasteiger partial charge in [-0.15, -0.1) is 0 Å². The van der Waals surface area contributed by atoms with E-state index in [0.29, 0.717) is 39.7 Å². The largest absolute Gasteiger partial charge is 0.341 e. The summed E-state index contributed by atoms with van der Waals surface area (Å²) in [6.45, 7) is 2.55. The van der Waals surface area contributed by atoms with E-state index < -0.39 is 10.8 Å². The van der Waals surface area contributed by atoms with Crippen molar-refractivity contribution in [2.75, 3.05) is 25.0 Å². The molecule has 2 amide bonds. The normalized spacial score (nSPS) is 15.4. The average Bonchev–Trinajstić information content (AvgIpc) is 2.79. The fraction of sp³-hybridized carbons (Fsp3) is 0.250. The number of hydrogen-bond donors (Lipinski definition) is 0. The van der Waals surface area contributed by atoms with E-state index in [1.165, 1.54) is 4.90 Å². The number of anilines is 1. The van der Waals surface area contributed by atoms with Gasteiger partial charge in [0.2, 0.25) is 0 Å². The zero-order valence-electron chi connectivity index (χ0n) is 15.1. The van der Waals surface area contributed by atoms with Crippen molar-refractivity contribution in [1.29, 1.82) is 5.26 Å². The summed E-state index contributed by atoms with van der Waals surface area (Å²) in [6.07, 6.45) is 0.242. The Bertz CT molecular complexity index is 981. The first kappa shape index (κ1) is 18.8. The number of rotatable bonds is 4. The van der Waals surface area contributed by atoms with Gasteiger partial charge in [0.25, 0.3) is 11.8 Å². The summed E-state index contributed by atoms with van der Waals surface area (Å²) in [5.74, 6) is -0.480. The molecule has 2 aromatic rings. The van der Waals surface area contributed by atoms with E-state index >= 15 is 0 Å². The smallest absolute Gasteiger partial charge is 0.259 e. The molecule has 6 nitrogen and oxygen atoms in total. The second kappa shape index (κ2) is 7.72. The molecule has 0 radical (unpaired) electrons. The van der Waals surface area contributed by atoms with Gasteiger partial charge in [0, 0.05) is 25.7 Å². The average molecular weight is 381 g/mol. The molecule has 1 aliphatic heterocycles. The first-order valence-corrected chi connectivity index (χ1v) is 9.73. The van der Waals surface area contributed by atoms with Crippen molar-refractivity contribution in [2.24, 2.45) is 0 Å². The highest BCUT2D eigenvalue weighted by molar-refractivity contribution is 7.85. The quantitative estimate of drug-likeness (QED) is 0.815. The summed E-state index contributed by atoms with van der Waals surface area (Å²) in [6, 6.07) is 13.8. The molecule has 0 saturated carbocycles. The summed E-state index contributed by atoms with van der Waals surface area (Å²) in [7, 11) is 0.109. The lowest BCUT2D eigenvalue weighted by atomic mass is 10.1. The van der Waals surface area contributed by atoms with E-state index in [9.17, 15) is 13.8 Å². The third-order valence-electron chi connectivity index (χ3n) is 4.48. The van der Waals surface area contributed by atoms with Crippen LogP contribution in [0, 0.1) is 11.3 Å². The SMILES string of the molecule is CCN1C(=O)c2ccccc2S(=O)c2ccc(C(=O)N(C)CCC#N)cc21. The lowest BCUT2D eigenvalue weighted by molar-refractivity contribution is 0.0797. The lowest BCUT2D eigenvalue weighted by Gasteiger charge is -2.22. The molecule has 1 aliphatic rings. The minimum absolute atomic E-state index is 0.234. The van der Waals surface area contributed by atoms with Gasteiger partial charge in [0.15, 0.2) is 0 Å². The Morgan fingerprint density at radius 2 is 1.96 bits per heavy atom. The van der Waals surface area contributed by atoms with Crippen molar-refractivity contribution in [1.82, 2.24) is 4.90 Å². The Hall–Kier alpha value is -2.98. The van der Waals surface area contributed by atoms with Gasteiger partial charge in [-0.1, -0.05) is 12.1 Å². The Morgan fingerprint density at radius 1 is 1.22 bits per heavy atom. The van der Waals surface area contributed by atoms with Crippen LogP contribution < -0.4 is 4.90 Å². The standard InChI is InChI=1S/C20H19N3O3S/c1-3-23-16-13-14(19(24)22(2)12-6-11-21)9-10-18(16)27(26)17-8-5-4-7-15(17)20(23)25/h4-5,7-10,13H,3,6,12H2,1-2H3. The molecular formula is C20H19N3O3S. The number of nitrogens with zero attached hydrogens (tertiary/aromatic N) is 3. The van der Waals surface area contributed by atoms with Crippen LogP contribution >= 0.6 is 0 Å². The van der Waals surface area contributed by atoms with Crippen LogP contribution in [0.15, 0.2) is 52.3 Å². The van der Waals surface area contributed by atoms with Crippen LogP contribution in [0.5, 0.6) is 0 Å². The maximum Gasteiger partial charge on any atom is 0.259 e. The van der Waals surface area contributed by atoms with E-state index in [0.717, 1.165) is 0 Å². The highest BCUT2D eigenvalue weighted by atomic mass is 32.2. The van der Waals surface area contributed by atoms with Gasteiger partial charge < -0.3 is 9.80 Å². The number of carbonyl (C=O) groups excluding carboxylic acids is 2. The minimum atomic E-state index is -1.52. The predicted octanol–water partition coefficient (Wildman–Crippen LogP) is 2.82. The molecule has 1 atom stereocenters. The lowest BCUT2D eigenvalue weighted by Crippen LogP contribution is -2.31. The molecule has 0 fully saturated rings. The number of carbonyl (C=O) groups is 2. The molecule has 1 unspecified atom stereocenters. The van der Waals surface area contributed by atoms with Crippen LogP contribution in [0.4, 0.5) is 5.69 Å². The molecule has 0 aliphatic carbocycles. The molecular weight excluding hydrogens is 362 g/mol. The van der Waals surface area contributed by atoms with E-state index in [4.69, 9.17) is 5.26 Å². The molecule has 3 rings (SSSR count). The van der Waals surface area contributed by atoms with Crippen molar-refractivity contribution in [3.8, 4) is 6.07 Å². The molecule has 2 aromatic carbocycles. The Morgan fingerprint density at radius 3 is 2.67 bits per heavy atom. The van der Waals surface area contributed by atoms with E-state index in [1.54, 1.807) is 54.4 Å². The molecule has 0 N–H and O–H groups in total. The van der Waals surface area contributed by atoms with Gasteiger partial charge in [0.1, 0.15) is 0 Å². The molecule has 138 valence electrons. The van der Waals surface area contributed by atoms with Gasteiger partial charge in [-0.25, -0.2) is 4.21 Å². The summed E-state index contributed by atoms with van der Waals surface area (Å²) in [5.41, 5.74) is 1.29. The molecule has 27 heavy (non-hydrogen) atoms. The van der Waals surface area contributed by atoms with Gasteiger partial charge in [-0.2, -0.15) is 5.26 Å². The monoisotopic (exact) mass is 381 g/mol. The van der Waals surface area contributed by atoms with Crippen LogP contribution in [0.1, 0.15) is 34.1 Å². The Labute approximate surface area is 160 Å². The highest BCUT2D eigenvalue weighted by Crippen LogP contribution is 2.35. The number of amides is 2. The third kappa shape index (κ3) is 3.36. The molecule has 0 aromatic heterocycles. The summed E-state index contributed by atoms with van der Waals surface area (Å²) < 4.78 is 13.1. The molecule has 0 saturated heterocycles. The second-order valence-corrected chi connectivity index (χ2v) is 7.55. The molecule has 0 spiro atoms. The fourth-order valence-corrected chi connectivity index (χ4v) is 4.39. The van der Waals surface area contributed by atoms with Crippen LogP contribution in [0.3, 0.4) is 0 Å². The summed E-state index contributed by atoms with van der Waals surface area (Å²) >= 11 is 0. The summed E-state index contributed by atoms with van der Waals surface area (Å²) in [4.78, 5) is 29.6. The second-order valence-electron chi connectivity index (χ2n) is 6.13. The molecule has 1 heterocycles. The van der Waals surface area contributed by atoms with Crippen LogP contribution in [-0.4, -0.2) is 41.1 Å². The Balaban J connectivity index is 2.09. The topological polar surface area (TPSA) is 81.5 Å². The number of nitriles is 1. The van der Waals surface area contributed by atoms with Crippen molar-refractivity contribution >= 4 is 28.3 Å². The van der Waals surface area contributed by atoms with Gasteiger partial charge >= 0.3 is 0 Å². The zero-order chi connectivity index (χ0) is 19.6. The fourth-order valence-electron chi connectivity index (χ4n) is 3.05. The van der Waals surface area contributed by atoms with E-state index in [2.05, 4.69) is 0 Å².